The standard InChI is InChI=1S/C19H23BrN2O2S/c20-19-8-12-5-13(9-19)7-18(6-12,11-19)17(24)22-14-3-1-2-4-15(14)25-10-16(21)23/h1-4,12-13H,5-11H2,(H2,21,23)(H,22,24). The zero-order valence-electron chi connectivity index (χ0n) is 14.1. The van der Waals surface area contributed by atoms with Crippen molar-refractivity contribution in [1.82, 2.24) is 0 Å². The Morgan fingerprint density at radius 1 is 1.20 bits per heavy atom. The van der Waals surface area contributed by atoms with Gasteiger partial charge in [0.05, 0.1) is 16.9 Å². The number of thioether (sulfide) groups is 1. The lowest BCUT2D eigenvalue weighted by molar-refractivity contribution is -0.138. The fourth-order valence-electron chi connectivity index (χ4n) is 5.52. The van der Waals surface area contributed by atoms with E-state index in [1.807, 2.05) is 24.3 Å². The largest absolute Gasteiger partial charge is 0.369 e. The number of nitrogens with one attached hydrogen (secondary N) is 1. The van der Waals surface area contributed by atoms with Gasteiger partial charge in [-0.3, -0.25) is 9.59 Å². The Labute approximate surface area is 160 Å². The zero-order valence-corrected chi connectivity index (χ0v) is 16.5. The number of alkyl halides is 1. The summed E-state index contributed by atoms with van der Waals surface area (Å²) in [6, 6.07) is 7.66. The molecule has 134 valence electrons. The monoisotopic (exact) mass is 422 g/mol. The fourth-order valence-corrected chi connectivity index (χ4v) is 7.72. The number of hydrogen-bond donors (Lipinski definition) is 2. The van der Waals surface area contributed by atoms with Crippen LogP contribution in [0.4, 0.5) is 5.69 Å². The second-order valence-corrected chi connectivity index (χ2v) is 10.8. The topological polar surface area (TPSA) is 72.2 Å². The third-order valence-electron chi connectivity index (χ3n) is 5.98. The molecule has 4 nitrogen and oxygen atoms in total. The molecule has 1 aromatic carbocycles. The van der Waals surface area contributed by atoms with Crippen LogP contribution in [0, 0.1) is 17.3 Å². The third kappa shape index (κ3) is 3.35. The van der Waals surface area contributed by atoms with E-state index >= 15 is 0 Å². The maximum absolute atomic E-state index is 13.3. The Bertz CT molecular complexity index is 709. The minimum atomic E-state index is -0.353. The summed E-state index contributed by atoms with van der Waals surface area (Å²) < 4.78 is 0.161. The minimum absolute atomic E-state index is 0.151. The van der Waals surface area contributed by atoms with Crippen molar-refractivity contribution in [1.29, 1.82) is 0 Å². The molecule has 0 spiro atoms. The normalized spacial score (nSPS) is 35.6. The first-order valence-electron chi connectivity index (χ1n) is 8.88. The molecule has 5 rings (SSSR count). The van der Waals surface area contributed by atoms with Crippen molar-refractivity contribution in [3.63, 3.8) is 0 Å². The van der Waals surface area contributed by atoms with E-state index in [-0.39, 0.29) is 27.3 Å². The Kier molecular flexibility index (Phi) is 4.39. The highest BCUT2D eigenvalue weighted by atomic mass is 79.9. The first-order chi connectivity index (χ1) is 11.9. The molecular weight excluding hydrogens is 400 g/mol. The predicted octanol–water partition coefficient (Wildman–Crippen LogP) is 3.94. The molecule has 0 heterocycles. The highest BCUT2D eigenvalue weighted by Gasteiger charge is 2.59. The quantitative estimate of drug-likeness (QED) is 0.557. The smallest absolute Gasteiger partial charge is 0.230 e. The van der Waals surface area contributed by atoms with E-state index in [1.165, 1.54) is 31.0 Å². The van der Waals surface area contributed by atoms with Gasteiger partial charge in [-0.2, -0.15) is 0 Å². The summed E-state index contributed by atoms with van der Waals surface area (Å²) in [5.74, 6) is 1.36. The van der Waals surface area contributed by atoms with Crippen LogP contribution in [-0.2, 0) is 9.59 Å². The maximum Gasteiger partial charge on any atom is 0.230 e. The molecule has 4 bridgehead atoms. The van der Waals surface area contributed by atoms with Gasteiger partial charge < -0.3 is 11.1 Å². The van der Waals surface area contributed by atoms with E-state index in [9.17, 15) is 9.59 Å². The van der Waals surface area contributed by atoms with Gasteiger partial charge in [0.1, 0.15) is 0 Å². The van der Waals surface area contributed by atoms with Crippen molar-refractivity contribution >= 4 is 45.2 Å². The average Bonchev–Trinajstić information content (AvgIpc) is 2.51. The summed E-state index contributed by atoms with van der Waals surface area (Å²) in [4.78, 5) is 25.2. The molecule has 0 aromatic heterocycles. The fraction of sp³-hybridized carbons (Fsp3) is 0.579. The molecule has 0 saturated heterocycles. The summed E-state index contributed by atoms with van der Waals surface area (Å²) in [6.45, 7) is 0. The molecule has 2 atom stereocenters. The van der Waals surface area contributed by atoms with Crippen LogP contribution in [0.2, 0.25) is 0 Å². The molecule has 6 heteroatoms. The van der Waals surface area contributed by atoms with Crippen molar-refractivity contribution < 1.29 is 9.59 Å². The van der Waals surface area contributed by atoms with Crippen LogP contribution in [0.5, 0.6) is 0 Å². The average molecular weight is 423 g/mol. The lowest BCUT2D eigenvalue weighted by Crippen LogP contribution is -2.57. The molecule has 2 amide bonds. The van der Waals surface area contributed by atoms with Crippen molar-refractivity contribution in [3.8, 4) is 0 Å². The lowest BCUT2D eigenvalue weighted by Gasteiger charge is -2.59. The Balaban J connectivity index is 1.54. The van der Waals surface area contributed by atoms with Crippen molar-refractivity contribution in [3.05, 3.63) is 24.3 Å². The number of benzene rings is 1. The van der Waals surface area contributed by atoms with Crippen LogP contribution in [-0.4, -0.2) is 21.9 Å². The summed E-state index contributed by atoms with van der Waals surface area (Å²) in [5.41, 5.74) is 5.81. The molecule has 4 aliphatic rings. The van der Waals surface area contributed by atoms with Crippen LogP contribution >= 0.6 is 27.7 Å². The van der Waals surface area contributed by atoms with Crippen molar-refractivity contribution in [2.24, 2.45) is 23.0 Å². The molecule has 4 aliphatic carbocycles. The van der Waals surface area contributed by atoms with Crippen molar-refractivity contribution in [2.45, 2.75) is 47.7 Å². The summed E-state index contributed by atoms with van der Waals surface area (Å²) in [5, 5.41) is 3.18. The molecule has 2 unspecified atom stereocenters. The number of para-hydroxylation sites is 1. The Hall–Kier alpha value is -1.01. The van der Waals surface area contributed by atoms with E-state index in [2.05, 4.69) is 21.2 Å². The van der Waals surface area contributed by atoms with Crippen LogP contribution in [0.25, 0.3) is 0 Å². The number of carbonyl (C=O) groups excluding carboxylic acids is 2. The number of rotatable bonds is 5. The van der Waals surface area contributed by atoms with Gasteiger partial charge in [0.2, 0.25) is 11.8 Å². The predicted molar refractivity (Wildman–Crippen MR) is 104 cm³/mol. The van der Waals surface area contributed by atoms with E-state index in [4.69, 9.17) is 5.73 Å². The minimum Gasteiger partial charge on any atom is -0.369 e. The number of nitrogens with two attached hydrogens (primary N) is 1. The van der Waals surface area contributed by atoms with E-state index in [1.54, 1.807) is 0 Å². The van der Waals surface area contributed by atoms with E-state index in [0.717, 1.165) is 29.8 Å². The van der Waals surface area contributed by atoms with Gasteiger partial charge in [0.15, 0.2) is 0 Å². The highest BCUT2D eigenvalue weighted by molar-refractivity contribution is 9.10. The maximum atomic E-state index is 13.3. The second-order valence-electron chi connectivity index (χ2n) is 8.10. The molecule has 3 N–H and O–H groups in total. The molecular formula is C19H23BrN2O2S. The summed E-state index contributed by atoms with van der Waals surface area (Å²) in [6.07, 6.45) is 6.68. The van der Waals surface area contributed by atoms with Gasteiger partial charge in [-0.25, -0.2) is 0 Å². The zero-order chi connectivity index (χ0) is 17.7. The number of amides is 2. The van der Waals surface area contributed by atoms with Gasteiger partial charge in [-0.05, 0) is 62.5 Å². The number of primary amides is 1. The van der Waals surface area contributed by atoms with Gasteiger partial charge >= 0.3 is 0 Å². The first kappa shape index (κ1) is 17.4. The molecule has 4 fully saturated rings. The number of anilines is 1. The van der Waals surface area contributed by atoms with Crippen LogP contribution in [0.1, 0.15) is 38.5 Å². The van der Waals surface area contributed by atoms with Gasteiger partial charge in [0.25, 0.3) is 0 Å². The highest BCUT2D eigenvalue weighted by Crippen LogP contribution is 2.64. The van der Waals surface area contributed by atoms with Gasteiger partial charge in [-0.1, -0.05) is 28.1 Å². The molecule has 0 aliphatic heterocycles. The van der Waals surface area contributed by atoms with Crippen LogP contribution in [0.15, 0.2) is 29.2 Å². The Morgan fingerprint density at radius 3 is 2.52 bits per heavy atom. The lowest BCUT2D eigenvalue weighted by atomic mass is 9.49. The molecule has 0 radical (unpaired) electrons. The van der Waals surface area contributed by atoms with Gasteiger partial charge in [0, 0.05) is 9.22 Å². The number of hydrogen-bond acceptors (Lipinski definition) is 3. The third-order valence-corrected chi connectivity index (χ3v) is 8.00. The first-order valence-corrected chi connectivity index (χ1v) is 10.7. The second kappa shape index (κ2) is 6.31. The molecule has 1 aromatic rings. The van der Waals surface area contributed by atoms with Gasteiger partial charge in [-0.15, -0.1) is 11.8 Å². The molecule has 25 heavy (non-hydrogen) atoms. The Morgan fingerprint density at radius 2 is 1.88 bits per heavy atom. The SMILES string of the molecule is NC(=O)CSc1ccccc1NC(=O)C12CC3CC(CC(Br)(C3)C1)C2. The van der Waals surface area contributed by atoms with E-state index in [0.29, 0.717) is 11.8 Å². The molecule has 4 saturated carbocycles. The number of carbonyl (C=O) groups is 2. The van der Waals surface area contributed by atoms with Crippen LogP contribution < -0.4 is 11.1 Å². The summed E-state index contributed by atoms with van der Waals surface area (Å²) in [7, 11) is 0. The van der Waals surface area contributed by atoms with Crippen LogP contribution in [0.3, 0.4) is 0 Å². The number of halogens is 1. The van der Waals surface area contributed by atoms with Crippen molar-refractivity contribution in [2.75, 3.05) is 11.1 Å². The summed E-state index contributed by atoms with van der Waals surface area (Å²) >= 11 is 5.34. The van der Waals surface area contributed by atoms with E-state index < -0.39 is 0 Å².